The summed E-state index contributed by atoms with van der Waals surface area (Å²) in [6.07, 6.45) is 2.31. The van der Waals surface area contributed by atoms with E-state index in [0.717, 1.165) is 31.0 Å². The Morgan fingerprint density at radius 2 is 2.11 bits per heavy atom. The summed E-state index contributed by atoms with van der Waals surface area (Å²) in [6, 6.07) is 7.50. The largest absolute Gasteiger partial charge is 0.365 e. The third kappa shape index (κ3) is 2.81. The Bertz CT molecular complexity index is 405. The van der Waals surface area contributed by atoms with Crippen LogP contribution in [0.25, 0.3) is 0 Å². The number of nitrogens with zero attached hydrogens (tertiary/aromatic N) is 1. The van der Waals surface area contributed by atoms with Gasteiger partial charge in [0.2, 0.25) is 0 Å². The standard InChI is InChI=1S/C15H23ClN2/c1-4-12-10-18(13(5-2)9-17-12)15-7-6-11(3)8-14(15)16/h6-8,12-13,17H,4-5,9-10H2,1-3H3. The summed E-state index contributed by atoms with van der Waals surface area (Å²) in [5, 5.41) is 4.50. The summed E-state index contributed by atoms with van der Waals surface area (Å²) >= 11 is 6.41. The molecule has 1 N–H and O–H groups in total. The van der Waals surface area contributed by atoms with E-state index in [-0.39, 0.29) is 0 Å². The zero-order valence-electron chi connectivity index (χ0n) is 11.5. The van der Waals surface area contributed by atoms with E-state index in [2.05, 4.69) is 49.2 Å². The van der Waals surface area contributed by atoms with Gasteiger partial charge in [0.1, 0.15) is 0 Å². The molecule has 2 atom stereocenters. The number of aryl methyl sites for hydroxylation is 1. The maximum Gasteiger partial charge on any atom is 0.0642 e. The van der Waals surface area contributed by atoms with Gasteiger partial charge in [0.15, 0.2) is 0 Å². The van der Waals surface area contributed by atoms with Crippen molar-refractivity contribution < 1.29 is 0 Å². The molecule has 2 unspecified atom stereocenters. The summed E-state index contributed by atoms with van der Waals surface area (Å²) in [5.41, 5.74) is 2.41. The van der Waals surface area contributed by atoms with Crippen LogP contribution in [0.1, 0.15) is 32.3 Å². The molecule has 1 aliphatic heterocycles. The Morgan fingerprint density at radius 3 is 2.72 bits per heavy atom. The predicted molar refractivity (Wildman–Crippen MR) is 79.7 cm³/mol. The molecule has 0 amide bonds. The Balaban J connectivity index is 2.26. The van der Waals surface area contributed by atoms with Gasteiger partial charge in [0, 0.05) is 25.2 Å². The second-order valence-electron chi connectivity index (χ2n) is 5.18. The van der Waals surface area contributed by atoms with Crippen molar-refractivity contribution in [3.63, 3.8) is 0 Å². The molecule has 0 bridgehead atoms. The van der Waals surface area contributed by atoms with Crippen LogP contribution < -0.4 is 10.2 Å². The molecule has 100 valence electrons. The highest BCUT2D eigenvalue weighted by Gasteiger charge is 2.27. The van der Waals surface area contributed by atoms with Crippen molar-refractivity contribution >= 4 is 17.3 Å². The van der Waals surface area contributed by atoms with Crippen LogP contribution in [-0.2, 0) is 0 Å². The Hall–Kier alpha value is -0.730. The van der Waals surface area contributed by atoms with Gasteiger partial charge < -0.3 is 10.2 Å². The molecular weight excluding hydrogens is 244 g/mol. The highest BCUT2D eigenvalue weighted by molar-refractivity contribution is 6.33. The van der Waals surface area contributed by atoms with Crippen molar-refractivity contribution in [1.82, 2.24) is 5.32 Å². The van der Waals surface area contributed by atoms with Gasteiger partial charge in [-0.25, -0.2) is 0 Å². The smallest absolute Gasteiger partial charge is 0.0642 e. The molecule has 1 aromatic rings. The lowest BCUT2D eigenvalue weighted by Crippen LogP contribution is -2.56. The van der Waals surface area contributed by atoms with Gasteiger partial charge in [-0.05, 0) is 37.5 Å². The minimum absolute atomic E-state index is 0.549. The molecule has 1 aliphatic rings. The number of halogens is 1. The lowest BCUT2D eigenvalue weighted by molar-refractivity contribution is 0.379. The van der Waals surface area contributed by atoms with Crippen LogP contribution in [0.4, 0.5) is 5.69 Å². The topological polar surface area (TPSA) is 15.3 Å². The zero-order chi connectivity index (χ0) is 13.1. The molecule has 1 fully saturated rings. The normalized spacial score (nSPS) is 24.3. The first-order chi connectivity index (χ1) is 8.65. The molecule has 18 heavy (non-hydrogen) atoms. The van der Waals surface area contributed by atoms with Crippen molar-refractivity contribution in [3.8, 4) is 0 Å². The van der Waals surface area contributed by atoms with Gasteiger partial charge in [-0.1, -0.05) is 31.5 Å². The van der Waals surface area contributed by atoms with Crippen LogP contribution in [0, 0.1) is 6.92 Å². The average Bonchev–Trinajstić information content (AvgIpc) is 2.38. The van der Waals surface area contributed by atoms with E-state index in [1.54, 1.807) is 0 Å². The van der Waals surface area contributed by atoms with Gasteiger partial charge in [-0.3, -0.25) is 0 Å². The van der Waals surface area contributed by atoms with E-state index in [9.17, 15) is 0 Å². The van der Waals surface area contributed by atoms with Gasteiger partial charge in [-0.15, -0.1) is 0 Å². The lowest BCUT2D eigenvalue weighted by atomic mass is 10.0. The maximum absolute atomic E-state index is 6.41. The third-order valence-electron chi connectivity index (χ3n) is 3.88. The van der Waals surface area contributed by atoms with Crippen molar-refractivity contribution in [2.45, 2.75) is 45.7 Å². The van der Waals surface area contributed by atoms with Crippen LogP contribution in [0.15, 0.2) is 18.2 Å². The molecule has 2 nitrogen and oxygen atoms in total. The molecule has 0 radical (unpaired) electrons. The van der Waals surface area contributed by atoms with Crippen molar-refractivity contribution in [1.29, 1.82) is 0 Å². The second kappa shape index (κ2) is 5.94. The summed E-state index contributed by atoms with van der Waals surface area (Å²) in [5.74, 6) is 0. The van der Waals surface area contributed by atoms with E-state index in [4.69, 9.17) is 11.6 Å². The zero-order valence-corrected chi connectivity index (χ0v) is 12.3. The first-order valence-corrected chi connectivity index (χ1v) is 7.29. The number of nitrogens with one attached hydrogen (secondary N) is 1. The summed E-state index contributed by atoms with van der Waals surface area (Å²) in [6.45, 7) is 8.67. The second-order valence-corrected chi connectivity index (χ2v) is 5.59. The molecule has 1 saturated heterocycles. The first kappa shape index (κ1) is 13.7. The molecule has 1 aromatic carbocycles. The molecular formula is C15H23ClN2. The summed E-state index contributed by atoms with van der Waals surface area (Å²) < 4.78 is 0. The molecule has 0 aromatic heterocycles. The van der Waals surface area contributed by atoms with Crippen LogP contribution in [0.3, 0.4) is 0 Å². The molecule has 0 aliphatic carbocycles. The molecule has 0 spiro atoms. The Labute approximate surface area is 115 Å². The fourth-order valence-electron chi connectivity index (χ4n) is 2.64. The van der Waals surface area contributed by atoms with Crippen molar-refractivity contribution in [3.05, 3.63) is 28.8 Å². The molecule has 3 heteroatoms. The SMILES string of the molecule is CCC1CN(c2ccc(C)cc2Cl)C(CC)CN1. The third-order valence-corrected chi connectivity index (χ3v) is 4.18. The number of piperazine rings is 1. The molecule has 1 heterocycles. The number of anilines is 1. The van der Waals surface area contributed by atoms with E-state index in [1.165, 1.54) is 11.3 Å². The van der Waals surface area contributed by atoms with E-state index < -0.39 is 0 Å². The van der Waals surface area contributed by atoms with Crippen LogP contribution in [0.5, 0.6) is 0 Å². The first-order valence-electron chi connectivity index (χ1n) is 6.91. The summed E-state index contributed by atoms with van der Waals surface area (Å²) in [4.78, 5) is 2.48. The van der Waals surface area contributed by atoms with Crippen LogP contribution in [0.2, 0.25) is 5.02 Å². The van der Waals surface area contributed by atoms with Crippen LogP contribution >= 0.6 is 11.6 Å². The monoisotopic (exact) mass is 266 g/mol. The van der Waals surface area contributed by atoms with E-state index in [0.29, 0.717) is 12.1 Å². The van der Waals surface area contributed by atoms with Gasteiger partial charge in [0.25, 0.3) is 0 Å². The fourth-order valence-corrected chi connectivity index (χ4v) is 2.99. The quantitative estimate of drug-likeness (QED) is 0.899. The number of rotatable bonds is 3. The van der Waals surface area contributed by atoms with Crippen molar-refractivity contribution in [2.24, 2.45) is 0 Å². The lowest BCUT2D eigenvalue weighted by Gasteiger charge is -2.42. The maximum atomic E-state index is 6.41. The van der Waals surface area contributed by atoms with Gasteiger partial charge in [0.05, 0.1) is 10.7 Å². The van der Waals surface area contributed by atoms with E-state index in [1.807, 2.05) is 0 Å². The average molecular weight is 267 g/mol. The minimum atomic E-state index is 0.549. The van der Waals surface area contributed by atoms with Crippen LogP contribution in [-0.4, -0.2) is 25.2 Å². The Kier molecular flexibility index (Phi) is 4.52. The minimum Gasteiger partial charge on any atom is -0.365 e. The summed E-state index contributed by atoms with van der Waals surface area (Å²) in [7, 11) is 0. The number of benzene rings is 1. The molecule has 2 rings (SSSR count). The van der Waals surface area contributed by atoms with Gasteiger partial charge >= 0.3 is 0 Å². The van der Waals surface area contributed by atoms with E-state index >= 15 is 0 Å². The predicted octanol–water partition coefficient (Wildman–Crippen LogP) is 3.62. The number of hydrogen-bond donors (Lipinski definition) is 1. The Morgan fingerprint density at radius 1 is 1.33 bits per heavy atom. The van der Waals surface area contributed by atoms with Gasteiger partial charge in [-0.2, -0.15) is 0 Å². The highest BCUT2D eigenvalue weighted by atomic mass is 35.5. The molecule has 0 saturated carbocycles. The number of hydrogen-bond acceptors (Lipinski definition) is 2. The highest BCUT2D eigenvalue weighted by Crippen LogP contribution is 2.30. The fraction of sp³-hybridized carbons (Fsp3) is 0.600. The van der Waals surface area contributed by atoms with Crippen molar-refractivity contribution in [2.75, 3.05) is 18.0 Å².